The van der Waals surface area contributed by atoms with E-state index >= 15 is 0 Å². The predicted octanol–water partition coefficient (Wildman–Crippen LogP) is 2.96. The van der Waals surface area contributed by atoms with Crippen LogP contribution in [0.3, 0.4) is 0 Å². The van der Waals surface area contributed by atoms with Gasteiger partial charge >= 0.3 is 0 Å². The van der Waals surface area contributed by atoms with Crippen molar-refractivity contribution in [3.05, 3.63) is 43.8 Å². The molecule has 2 aliphatic heterocycles. The third-order valence-electron chi connectivity index (χ3n) is 6.66. The summed E-state index contributed by atoms with van der Waals surface area (Å²) >= 11 is 3.76. The lowest BCUT2D eigenvalue weighted by atomic mass is 10.1. The van der Waals surface area contributed by atoms with Gasteiger partial charge in [0.1, 0.15) is 0 Å². The Morgan fingerprint density at radius 2 is 1.87 bits per heavy atom. The van der Waals surface area contributed by atoms with Gasteiger partial charge in [0.05, 0.1) is 22.9 Å². The molecule has 8 heteroatoms. The highest BCUT2D eigenvalue weighted by Gasteiger charge is 2.22. The molecule has 2 fully saturated rings. The van der Waals surface area contributed by atoms with E-state index in [0.29, 0.717) is 6.54 Å². The van der Waals surface area contributed by atoms with Crippen LogP contribution in [0.2, 0.25) is 0 Å². The van der Waals surface area contributed by atoms with E-state index in [1.807, 2.05) is 23.1 Å². The zero-order chi connectivity index (χ0) is 20.3. The van der Waals surface area contributed by atoms with Gasteiger partial charge in [-0.1, -0.05) is 12.8 Å². The van der Waals surface area contributed by atoms with Crippen molar-refractivity contribution in [2.75, 3.05) is 38.5 Å². The molecule has 30 heavy (non-hydrogen) atoms. The maximum absolute atomic E-state index is 12.4. The Labute approximate surface area is 186 Å². The van der Waals surface area contributed by atoms with Gasteiger partial charge in [-0.15, -0.1) is 11.3 Å². The molecule has 4 heterocycles. The molecule has 0 unspecified atom stereocenters. The summed E-state index contributed by atoms with van der Waals surface area (Å²) in [6, 6.07) is 1.81. The summed E-state index contributed by atoms with van der Waals surface area (Å²) in [5, 5.41) is 8.28. The van der Waals surface area contributed by atoms with Gasteiger partial charge in [0.15, 0.2) is 0 Å². The van der Waals surface area contributed by atoms with Gasteiger partial charge in [0.2, 0.25) is 0 Å². The fraction of sp³-hybridized carbons (Fsp3) is 0.682. The Balaban J connectivity index is 1.09. The Bertz CT molecular complexity index is 912. The summed E-state index contributed by atoms with van der Waals surface area (Å²) in [7, 11) is 0. The second-order valence-electron chi connectivity index (χ2n) is 8.76. The lowest BCUT2D eigenvalue weighted by molar-refractivity contribution is 0.121. The molecule has 0 spiro atoms. The van der Waals surface area contributed by atoms with E-state index in [4.69, 9.17) is 4.98 Å². The summed E-state index contributed by atoms with van der Waals surface area (Å²) in [4.78, 5) is 22.3. The number of fused-ring (bicyclic) bond motifs is 1. The number of nitrogens with zero attached hydrogens (tertiary/aromatic N) is 5. The van der Waals surface area contributed by atoms with Crippen LogP contribution in [0.1, 0.15) is 53.6 Å². The van der Waals surface area contributed by atoms with Crippen LogP contribution in [-0.4, -0.2) is 63.0 Å². The molecule has 2 aromatic heterocycles. The number of piperazine rings is 1. The van der Waals surface area contributed by atoms with E-state index in [1.54, 1.807) is 10.7 Å². The van der Waals surface area contributed by atoms with E-state index in [-0.39, 0.29) is 5.56 Å². The lowest BCUT2D eigenvalue weighted by Crippen LogP contribution is -2.47. The number of aromatic nitrogens is 3. The van der Waals surface area contributed by atoms with Crippen molar-refractivity contribution in [3.8, 4) is 0 Å². The Hall–Kier alpha value is -1.22. The Morgan fingerprint density at radius 3 is 2.70 bits per heavy atom. The predicted molar refractivity (Wildman–Crippen MR) is 123 cm³/mol. The van der Waals surface area contributed by atoms with Gasteiger partial charge in [0.25, 0.3) is 5.56 Å². The van der Waals surface area contributed by atoms with Crippen LogP contribution in [0.25, 0.3) is 0 Å². The van der Waals surface area contributed by atoms with Crippen LogP contribution in [-0.2, 0) is 25.3 Å². The molecule has 0 radical (unpaired) electrons. The highest BCUT2D eigenvalue weighted by molar-refractivity contribution is 7.98. The van der Waals surface area contributed by atoms with Gasteiger partial charge < -0.3 is 0 Å². The fourth-order valence-corrected chi connectivity index (χ4v) is 6.74. The minimum Gasteiger partial charge on any atom is -0.299 e. The molecule has 0 atom stereocenters. The molecule has 0 N–H and O–H groups in total. The van der Waals surface area contributed by atoms with Crippen LogP contribution in [0.15, 0.2) is 16.2 Å². The van der Waals surface area contributed by atoms with Crippen molar-refractivity contribution in [2.24, 2.45) is 0 Å². The van der Waals surface area contributed by atoms with Gasteiger partial charge in [0, 0.05) is 68.8 Å². The molecule has 0 bridgehead atoms. The molecule has 0 amide bonds. The topological polar surface area (TPSA) is 54.3 Å². The molecule has 162 valence electrons. The molecule has 0 aromatic carbocycles. The van der Waals surface area contributed by atoms with Gasteiger partial charge in [-0.2, -0.15) is 16.9 Å². The van der Waals surface area contributed by atoms with Crippen LogP contribution in [0.5, 0.6) is 0 Å². The lowest BCUT2D eigenvalue weighted by Gasteiger charge is -2.34. The van der Waals surface area contributed by atoms with Crippen molar-refractivity contribution in [1.82, 2.24) is 24.6 Å². The van der Waals surface area contributed by atoms with Crippen molar-refractivity contribution < 1.29 is 0 Å². The fourth-order valence-electron chi connectivity index (χ4n) is 4.80. The second-order valence-corrected chi connectivity index (χ2v) is 10.8. The van der Waals surface area contributed by atoms with E-state index in [2.05, 4.69) is 20.3 Å². The first kappa shape index (κ1) is 20.7. The third kappa shape index (κ3) is 4.82. The molecular weight excluding hydrogens is 414 g/mol. The SMILES string of the molecule is O=c1cc2c(nn1CCN1CCN(Cc3csc(C4CCCC4)n3)CC1)CCSC2. The molecule has 1 saturated heterocycles. The van der Waals surface area contributed by atoms with E-state index in [0.717, 1.165) is 74.4 Å². The molecule has 2 aromatic rings. The van der Waals surface area contributed by atoms with Gasteiger partial charge in [-0.25, -0.2) is 9.67 Å². The van der Waals surface area contributed by atoms with Crippen LogP contribution >= 0.6 is 23.1 Å². The van der Waals surface area contributed by atoms with Crippen molar-refractivity contribution in [1.29, 1.82) is 0 Å². The zero-order valence-corrected chi connectivity index (χ0v) is 19.2. The van der Waals surface area contributed by atoms with Crippen molar-refractivity contribution in [3.63, 3.8) is 0 Å². The van der Waals surface area contributed by atoms with Crippen LogP contribution in [0.4, 0.5) is 0 Å². The average molecular weight is 446 g/mol. The molecule has 6 nitrogen and oxygen atoms in total. The number of rotatable bonds is 6. The standard InChI is InChI=1S/C22H31N5OS2/c28-21-13-18-15-29-12-5-20(18)24-27(21)11-10-25-6-8-26(9-7-25)14-19-16-30-22(23-19)17-3-1-2-4-17/h13,16-17H,1-12,14-15H2. The zero-order valence-electron chi connectivity index (χ0n) is 17.6. The first-order chi connectivity index (χ1) is 14.7. The molecule has 1 saturated carbocycles. The molecular formula is C22H31N5OS2. The smallest absolute Gasteiger partial charge is 0.267 e. The summed E-state index contributed by atoms with van der Waals surface area (Å²) in [6.07, 6.45) is 6.37. The maximum Gasteiger partial charge on any atom is 0.267 e. The minimum absolute atomic E-state index is 0.0523. The highest BCUT2D eigenvalue weighted by Crippen LogP contribution is 2.35. The largest absolute Gasteiger partial charge is 0.299 e. The monoisotopic (exact) mass is 445 g/mol. The molecule has 1 aliphatic carbocycles. The summed E-state index contributed by atoms with van der Waals surface area (Å²) in [5.41, 5.74) is 3.56. The van der Waals surface area contributed by atoms with Gasteiger partial charge in [-0.05, 0) is 24.2 Å². The summed E-state index contributed by atoms with van der Waals surface area (Å²) < 4.78 is 1.68. The Morgan fingerprint density at radius 1 is 1.07 bits per heavy atom. The van der Waals surface area contributed by atoms with E-state index in [1.165, 1.54) is 36.4 Å². The third-order valence-corrected chi connectivity index (χ3v) is 8.72. The quantitative estimate of drug-likeness (QED) is 0.681. The summed E-state index contributed by atoms with van der Waals surface area (Å²) in [6.45, 7) is 6.81. The first-order valence-electron chi connectivity index (χ1n) is 11.3. The highest BCUT2D eigenvalue weighted by atomic mass is 32.2. The number of hydrogen-bond donors (Lipinski definition) is 0. The van der Waals surface area contributed by atoms with Gasteiger partial charge in [-0.3, -0.25) is 14.6 Å². The number of hydrogen-bond acceptors (Lipinski definition) is 7. The average Bonchev–Trinajstić information content (AvgIpc) is 3.45. The van der Waals surface area contributed by atoms with Crippen molar-refractivity contribution >= 4 is 23.1 Å². The first-order valence-corrected chi connectivity index (χ1v) is 13.3. The normalized spacial score (nSPS) is 21.2. The minimum atomic E-state index is 0.0523. The van der Waals surface area contributed by atoms with E-state index in [9.17, 15) is 4.79 Å². The number of aryl methyl sites for hydroxylation is 1. The second kappa shape index (κ2) is 9.51. The number of thioether (sulfide) groups is 1. The molecule has 5 rings (SSSR count). The van der Waals surface area contributed by atoms with Crippen LogP contribution < -0.4 is 5.56 Å². The maximum atomic E-state index is 12.4. The number of thiazole rings is 1. The molecule has 3 aliphatic rings. The van der Waals surface area contributed by atoms with Crippen LogP contribution in [0, 0.1) is 0 Å². The van der Waals surface area contributed by atoms with Crippen molar-refractivity contribution in [2.45, 2.75) is 56.9 Å². The van der Waals surface area contributed by atoms with E-state index < -0.39 is 0 Å². The summed E-state index contributed by atoms with van der Waals surface area (Å²) in [5.74, 6) is 2.77. The Kier molecular flexibility index (Phi) is 6.55.